The number of ether oxygens (including phenoxy) is 1. The molecule has 0 saturated heterocycles. The molecule has 1 aromatic rings. The lowest BCUT2D eigenvalue weighted by Gasteiger charge is -2.13. The highest BCUT2D eigenvalue weighted by molar-refractivity contribution is 7.80. The normalized spacial score (nSPS) is 11.8. The molecule has 3 N–H and O–H groups in total. The molecular formula is C10H11NO3S. The minimum Gasteiger partial charge on any atom is -0.479 e. The van der Waals surface area contributed by atoms with Crippen LogP contribution in [-0.2, 0) is 4.79 Å². The Morgan fingerprint density at radius 1 is 1.53 bits per heavy atom. The molecule has 5 heteroatoms. The van der Waals surface area contributed by atoms with E-state index in [1.54, 1.807) is 24.3 Å². The average molecular weight is 225 g/mol. The van der Waals surface area contributed by atoms with Crippen LogP contribution in [0.4, 0.5) is 0 Å². The lowest BCUT2D eigenvalue weighted by atomic mass is 10.2. The summed E-state index contributed by atoms with van der Waals surface area (Å²) in [6.45, 7) is 1.44. The van der Waals surface area contributed by atoms with Gasteiger partial charge in [-0.25, -0.2) is 4.79 Å². The molecule has 0 radical (unpaired) electrons. The standard InChI is InChI=1S/C10H11NO3S/c1-6(10(12)13)14-8-5-3-2-4-7(8)9(11)15/h2-6H,1H3,(H2,11,15)(H,12,13). The molecule has 1 atom stereocenters. The van der Waals surface area contributed by atoms with E-state index in [1.165, 1.54) is 6.92 Å². The minimum atomic E-state index is -1.03. The van der Waals surface area contributed by atoms with E-state index >= 15 is 0 Å². The molecule has 0 heterocycles. The van der Waals surface area contributed by atoms with Crippen LogP contribution in [0.2, 0.25) is 0 Å². The number of carbonyl (C=O) groups is 1. The lowest BCUT2D eigenvalue weighted by molar-refractivity contribution is -0.144. The third-order valence-electron chi connectivity index (χ3n) is 1.80. The molecule has 4 nitrogen and oxygen atoms in total. The molecule has 0 aliphatic rings. The van der Waals surface area contributed by atoms with E-state index in [-0.39, 0.29) is 4.99 Å². The number of rotatable bonds is 4. The van der Waals surface area contributed by atoms with Gasteiger partial charge in [-0.15, -0.1) is 0 Å². The van der Waals surface area contributed by atoms with Crippen LogP contribution in [0, 0.1) is 0 Å². The molecular weight excluding hydrogens is 214 g/mol. The van der Waals surface area contributed by atoms with Gasteiger partial charge in [0.2, 0.25) is 0 Å². The van der Waals surface area contributed by atoms with Crippen LogP contribution in [0.25, 0.3) is 0 Å². The van der Waals surface area contributed by atoms with E-state index in [1.807, 2.05) is 0 Å². The first kappa shape index (κ1) is 11.5. The van der Waals surface area contributed by atoms with Crippen molar-refractivity contribution in [3.8, 4) is 5.75 Å². The fourth-order valence-electron chi connectivity index (χ4n) is 1.01. The van der Waals surface area contributed by atoms with Crippen molar-refractivity contribution in [2.45, 2.75) is 13.0 Å². The molecule has 0 spiro atoms. The number of para-hydroxylation sites is 1. The molecule has 15 heavy (non-hydrogen) atoms. The fraction of sp³-hybridized carbons (Fsp3) is 0.200. The molecule has 0 saturated carbocycles. The van der Waals surface area contributed by atoms with Crippen molar-refractivity contribution in [2.75, 3.05) is 0 Å². The van der Waals surface area contributed by atoms with Crippen molar-refractivity contribution >= 4 is 23.2 Å². The first-order valence-electron chi connectivity index (χ1n) is 4.30. The predicted octanol–water partition coefficient (Wildman–Crippen LogP) is 1.17. The lowest BCUT2D eigenvalue weighted by Crippen LogP contribution is -2.24. The third-order valence-corrected chi connectivity index (χ3v) is 2.02. The van der Waals surface area contributed by atoms with Gasteiger partial charge in [0.15, 0.2) is 6.10 Å². The monoisotopic (exact) mass is 225 g/mol. The maximum Gasteiger partial charge on any atom is 0.344 e. The van der Waals surface area contributed by atoms with Crippen molar-refractivity contribution in [1.29, 1.82) is 0 Å². The number of carboxylic acid groups (broad SMARTS) is 1. The van der Waals surface area contributed by atoms with E-state index in [0.717, 1.165) is 0 Å². The van der Waals surface area contributed by atoms with Crippen molar-refractivity contribution in [2.24, 2.45) is 5.73 Å². The molecule has 0 aliphatic heterocycles. The van der Waals surface area contributed by atoms with Gasteiger partial charge >= 0.3 is 5.97 Å². The van der Waals surface area contributed by atoms with Crippen molar-refractivity contribution in [1.82, 2.24) is 0 Å². The van der Waals surface area contributed by atoms with Crippen LogP contribution in [0.3, 0.4) is 0 Å². The molecule has 0 aliphatic carbocycles. The highest BCUT2D eigenvalue weighted by atomic mass is 32.1. The van der Waals surface area contributed by atoms with Gasteiger partial charge in [-0.05, 0) is 19.1 Å². The Labute approximate surface area is 92.7 Å². The second-order valence-electron chi connectivity index (χ2n) is 2.96. The summed E-state index contributed by atoms with van der Waals surface area (Å²) in [6.07, 6.45) is -0.930. The van der Waals surface area contributed by atoms with Crippen molar-refractivity contribution in [3.05, 3.63) is 29.8 Å². The number of hydrogen-bond acceptors (Lipinski definition) is 3. The van der Waals surface area contributed by atoms with Crippen LogP contribution in [0.5, 0.6) is 5.75 Å². The van der Waals surface area contributed by atoms with Crippen LogP contribution >= 0.6 is 12.2 Å². The maximum atomic E-state index is 10.6. The second-order valence-corrected chi connectivity index (χ2v) is 3.40. The van der Waals surface area contributed by atoms with Gasteiger partial charge in [0.05, 0.1) is 5.56 Å². The number of aliphatic carboxylic acids is 1. The zero-order valence-electron chi connectivity index (χ0n) is 8.14. The summed E-state index contributed by atoms with van der Waals surface area (Å²) in [7, 11) is 0. The Morgan fingerprint density at radius 2 is 2.13 bits per heavy atom. The Bertz CT molecular complexity index is 392. The van der Waals surface area contributed by atoms with Crippen LogP contribution in [0.1, 0.15) is 12.5 Å². The van der Waals surface area contributed by atoms with Gasteiger partial charge in [0.25, 0.3) is 0 Å². The highest BCUT2D eigenvalue weighted by Gasteiger charge is 2.15. The average Bonchev–Trinajstić information content (AvgIpc) is 2.18. The van der Waals surface area contributed by atoms with Gasteiger partial charge in [-0.1, -0.05) is 24.4 Å². The number of benzene rings is 1. The van der Waals surface area contributed by atoms with E-state index in [0.29, 0.717) is 11.3 Å². The van der Waals surface area contributed by atoms with Gasteiger partial charge < -0.3 is 15.6 Å². The maximum absolute atomic E-state index is 10.6. The minimum absolute atomic E-state index is 0.184. The SMILES string of the molecule is CC(Oc1ccccc1C(N)=S)C(=O)O. The molecule has 1 aromatic carbocycles. The van der Waals surface area contributed by atoms with Gasteiger partial charge in [-0.2, -0.15) is 0 Å². The Morgan fingerprint density at radius 3 is 2.67 bits per heavy atom. The summed E-state index contributed by atoms with van der Waals surface area (Å²) >= 11 is 4.82. The molecule has 0 fully saturated rings. The number of thiocarbonyl (C=S) groups is 1. The molecule has 0 amide bonds. The topological polar surface area (TPSA) is 72.5 Å². The van der Waals surface area contributed by atoms with Crippen molar-refractivity contribution < 1.29 is 14.6 Å². The first-order valence-corrected chi connectivity index (χ1v) is 4.71. The zero-order chi connectivity index (χ0) is 11.4. The van der Waals surface area contributed by atoms with Gasteiger partial charge in [0, 0.05) is 0 Å². The summed E-state index contributed by atoms with van der Waals surface area (Å²) in [5, 5.41) is 8.68. The summed E-state index contributed by atoms with van der Waals surface area (Å²) in [6, 6.07) is 6.80. The van der Waals surface area contributed by atoms with Crippen LogP contribution in [0.15, 0.2) is 24.3 Å². The summed E-state index contributed by atoms with van der Waals surface area (Å²) < 4.78 is 5.20. The second kappa shape index (κ2) is 4.75. The van der Waals surface area contributed by atoms with Crippen molar-refractivity contribution in [3.63, 3.8) is 0 Å². The molecule has 1 unspecified atom stereocenters. The number of nitrogens with two attached hydrogens (primary N) is 1. The smallest absolute Gasteiger partial charge is 0.344 e. The first-order chi connectivity index (χ1) is 7.02. The molecule has 0 bridgehead atoms. The quantitative estimate of drug-likeness (QED) is 0.753. The fourth-order valence-corrected chi connectivity index (χ4v) is 1.18. The summed E-state index contributed by atoms with van der Waals surface area (Å²) in [4.78, 5) is 10.8. The Balaban J connectivity index is 2.94. The van der Waals surface area contributed by atoms with Gasteiger partial charge in [-0.3, -0.25) is 0 Å². The number of hydrogen-bond donors (Lipinski definition) is 2. The third kappa shape index (κ3) is 2.92. The summed E-state index contributed by atoms with van der Waals surface area (Å²) in [5.74, 6) is -0.646. The zero-order valence-corrected chi connectivity index (χ0v) is 8.95. The van der Waals surface area contributed by atoms with E-state index in [9.17, 15) is 4.79 Å². The predicted molar refractivity (Wildman–Crippen MR) is 60.1 cm³/mol. The van der Waals surface area contributed by atoms with Crippen LogP contribution in [-0.4, -0.2) is 22.2 Å². The molecule has 80 valence electrons. The number of carboxylic acids is 1. The van der Waals surface area contributed by atoms with E-state index in [4.69, 9.17) is 27.8 Å². The summed E-state index contributed by atoms with van der Waals surface area (Å²) in [5.41, 5.74) is 6.01. The molecule has 1 rings (SSSR count). The van der Waals surface area contributed by atoms with Gasteiger partial charge in [0.1, 0.15) is 10.7 Å². The Kier molecular flexibility index (Phi) is 3.62. The van der Waals surface area contributed by atoms with E-state index in [2.05, 4.69) is 0 Å². The van der Waals surface area contributed by atoms with Crippen LogP contribution < -0.4 is 10.5 Å². The van der Waals surface area contributed by atoms with E-state index < -0.39 is 12.1 Å². The largest absolute Gasteiger partial charge is 0.479 e. The highest BCUT2D eigenvalue weighted by Crippen LogP contribution is 2.19. The molecule has 0 aromatic heterocycles. The Hall–Kier alpha value is -1.62.